The number of benzene rings is 1. The van der Waals surface area contributed by atoms with Crippen LogP contribution in [0.3, 0.4) is 0 Å². The van der Waals surface area contributed by atoms with Crippen LogP contribution in [0.1, 0.15) is 25.3 Å². The van der Waals surface area contributed by atoms with Crippen LogP contribution in [0.2, 0.25) is 0 Å². The van der Waals surface area contributed by atoms with Crippen molar-refractivity contribution >= 4 is 0 Å². The highest BCUT2D eigenvalue weighted by Crippen LogP contribution is 2.28. The summed E-state index contributed by atoms with van der Waals surface area (Å²) in [5.41, 5.74) is 1.00. The van der Waals surface area contributed by atoms with E-state index in [9.17, 15) is 4.39 Å². The van der Waals surface area contributed by atoms with Crippen molar-refractivity contribution in [3.63, 3.8) is 0 Å². The van der Waals surface area contributed by atoms with Crippen LogP contribution in [-0.4, -0.2) is 6.10 Å². The molecule has 1 atom stereocenters. The fourth-order valence-corrected chi connectivity index (χ4v) is 1.70. The van der Waals surface area contributed by atoms with Crippen molar-refractivity contribution in [2.24, 2.45) is 0 Å². The summed E-state index contributed by atoms with van der Waals surface area (Å²) in [5, 5.41) is 0. The highest BCUT2D eigenvalue weighted by Gasteiger charge is 2.17. The van der Waals surface area contributed by atoms with Gasteiger partial charge in [0.05, 0.1) is 6.10 Å². The Hall–Kier alpha value is -1.05. The largest absolute Gasteiger partial charge is 0.490 e. The molecule has 0 amide bonds. The average Bonchev–Trinajstić information content (AvgIpc) is 2.17. The van der Waals surface area contributed by atoms with Crippen molar-refractivity contribution in [1.29, 1.82) is 0 Å². The van der Waals surface area contributed by atoms with E-state index in [0.29, 0.717) is 6.10 Å². The third-order valence-electron chi connectivity index (χ3n) is 2.51. The van der Waals surface area contributed by atoms with E-state index in [1.165, 1.54) is 6.07 Å². The van der Waals surface area contributed by atoms with E-state index in [2.05, 4.69) is 6.92 Å². The standard InChI is InChI=1S/C11H13FO/c1-2-10-5-3-8-7-9(12)4-6-11(8)13-10/h4,6-7,10H,2-3,5H2,1H3/t10-/m0/s1. The van der Waals surface area contributed by atoms with E-state index in [1.807, 2.05) is 0 Å². The predicted molar refractivity (Wildman–Crippen MR) is 49.4 cm³/mol. The first-order valence-corrected chi connectivity index (χ1v) is 4.74. The highest BCUT2D eigenvalue weighted by molar-refractivity contribution is 5.35. The zero-order valence-electron chi connectivity index (χ0n) is 7.72. The smallest absolute Gasteiger partial charge is 0.123 e. The first-order valence-electron chi connectivity index (χ1n) is 4.74. The molecule has 0 saturated carbocycles. The fourth-order valence-electron chi connectivity index (χ4n) is 1.70. The maximum absolute atomic E-state index is 12.8. The zero-order chi connectivity index (χ0) is 9.26. The van der Waals surface area contributed by atoms with Gasteiger partial charge in [0, 0.05) is 0 Å². The lowest BCUT2D eigenvalue weighted by Crippen LogP contribution is -2.21. The lowest BCUT2D eigenvalue weighted by Gasteiger charge is -2.24. The van der Waals surface area contributed by atoms with E-state index in [4.69, 9.17) is 4.74 Å². The van der Waals surface area contributed by atoms with Gasteiger partial charge in [-0.05, 0) is 43.0 Å². The van der Waals surface area contributed by atoms with Gasteiger partial charge in [0.1, 0.15) is 11.6 Å². The maximum atomic E-state index is 12.8. The summed E-state index contributed by atoms with van der Waals surface area (Å²) >= 11 is 0. The molecular weight excluding hydrogens is 167 g/mol. The summed E-state index contributed by atoms with van der Waals surface area (Å²) in [5.74, 6) is 0.691. The van der Waals surface area contributed by atoms with Gasteiger partial charge in [-0.15, -0.1) is 0 Å². The van der Waals surface area contributed by atoms with Gasteiger partial charge in [0.2, 0.25) is 0 Å². The molecule has 0 saturated heterocycles. The molecule has 0 fully saturated rings. The Balaban J connectivity index is 2.26. The number of fused-ring (bicyclic) bond motifs is 1. The Labute approximate surface area is 77.5 Å². The second-order valence-electron chi connectivity index (χ2n) is 3.44. The number of rotatable bonds is 1. The van der Waals surface area contributed by atoms with Crippen molar-refractivity contribution in [2.75, 3.05) is 0 Å². The molecule has 2 rings (SSSR count). The van der Waals surface area contributed by atoms with E-state index in [1.54, 1.807) is 12.1 Å². The molecule has 13 heavy (non-hydrogen) atoms. The lowest BCUT2D eigenvalue weighted by molar-refractivity contribution is 0.169. The van der Waals surface area contributed by atoms with Crippen LogP contribution in [-0.2, 0) is 6.42 Å². The molecule has 1 nitrogen and oxygen atoms in total. The van der Waals surface area contributed by atoms with Gasteiger partial charge < -0.3 is 4.74 Å². The molecule has 1 aliphatic rings. The Morgan fingerprint density at radius 1 is 1.54 bits per heavy atom. The van der Waals surface area contributed by atoms with Crippen molar-refractivity contribution in [2.45, 2.75) is 32.3 Å². The maximum Gasteiger partial charge on any atom is 0.123 e. The average molecular weight is 180 g/mol. The van der Waals surface area contributed by atoms with Crippen LogP contribution >= 0.6 is 0 Å². The van der Waals surface area contributed by atoms with Crippen molar-refractivity contribution < 1.29 is 9.13 Å². The van der Waals surface area contributed by atoms with Crippen LogP contribution in [0, 0.1) is 5.82 Å². The van der Waals surface area contributed by atoms with Gasteiger partial charge in [-0.1, -0.05) is 6.92 Å². The predicted octanol–water partition coefficient (Wildman–Crippen LogP) is 2.93. The summed E-state index contributed by atoms with van der Waals surface area (Å²) in [7, 11) is 0. The minimum atomic E-state index is -0.169. The number of aryl methyl sites for hydroxylation is 1. The number of hydrogen-bond donors (Lipinski definition) is 0. The minimum Gasteiger partial charge on any atom is -0.490 e. The molecular formula is C11H13FO. The molecule has 0 bridgehead atoms. The van der Waals surface area contributed by atoms with E-state index in [0.717, 1.165) is 30.6 Å². The Morgan fingerprint density at radius 2 is 2.38 bits per heavy atom. The number of hydrogen-bond acceptors (Lipinski definition) is 1. The summed E-state index contributed by atoms with van der Waals surface area (Å²) in [6.07, 6.45) is 3.29. The first-order chi connectivity index (χ1) is 6.29. The second kappa shape index (κ2) is 3.36. The van der Waals surface area contributed by atoms with Crippen molar-refractivity contribution in [3.8, 4) is 5.75 Å². The van der Waals surface area contributed by atoms with Gasteiger partial charge in [-0.3, -0.25) is 0 Å². The van der Waals surface area contributed by atoms with Crippen molar-refractivity contribution in [3.05, 3.63) is 29.6 Å². The minimum absolute atomic E-state index is 0.169. The van der Waals surface area contributed by atoms with Crippen LogP contribution in [0.15, 0.2) is 18.2 Å². The number of ether oxygens (including phenoxy) is 1. The fraction of sp³-hybridized carbons (Fsp3) is 0.455. The normalized spacial score (nSPS) is 20.6. The molecule has 0 N–H and O–H groups in total. The quantitative estimate of drug-likeness (QED) is 0.645. The summed E-state index contributed by atoms with van der Waals surface area (Å²) in [4.78, 5) is 0. The SMILES string of the molecule is CC[C@H]1CCc2cc(F)ccc2O1. The Bertz CT molecular complexity index is 309. The van der Waals surface area contributed by atoms with E-state index in [-0.39, 0.29) is 5.82 Å². The van der Waals surface area contributed by atoms with Gasteiger partial charge in [0.15, 0.2) is 0 Å². The highest BCUT2D eigenvalue weighted by atomic mass is 19.1. The van der Waals surface area contributed by atoms with Crippen LogP contribution in [0.4, 0.5) is 4.39 Å². The second-order valence-corrected chi connectivity index (χ2v) is 3.44. The molecule has 0 unspecified atom stereocenters. The molecule has 1 heterocycles. The van der Waals surface area contributed by atoms with Crippen LogP contribution < -0.4 is 4.74 Å². The molecule has 70 valence electrons. The molecule has 1 aromatic rings. The van der Waals surface area contributed by atoms with E-state index >= 15 is 0 Å². The zero-order valence-corrected chi connectivity index (χ0v) is 7.72. The molecule has 2 heteroatoms. The van der Waals surface area contributed by atoms with Gasteiger partial charge in [-0.2, -0.15) is 0 Å². The van der Waals surface area contributed by atoms with Crippen molar-refractivity contribution in [1.82, 2.24) is 0 Å². The Morgan fingerprint density at radius 3 is 3.15 bits per heavy atom. The van der Waals surface area contributed by atoms with Crippen LogP contribution in [0.5, 0.6) is 5.75 Å². The van der Waals surface area contributed by atoms with Gasteiger partial charge in [-0.25, -0.2) is 4.39 Å². The number of halogens is 1. The molecule has 1 aliphatic heterocycles. The van der Waals surface area contributed by atoms with Gasteiger partial charge >= 0.3 is 0 Å². The third kappa shape index (κ3) is 1.67. The topological polar surface area (TPSA) is 9.23 Å². The molecule has 0 spiro atoms. The molecule has 0 aliphatic carbocycles. The summed E-state index contributed by atoms with van der Waals surface area (Å²) in [6, 6.07) is 4.75. The molecule has 1 aromatic carbocycles. The third-order valence-corrected chi connectivity index (χ3v) is 2.51. The molecule has 0 radical (unpaired) electrons. The lowest BCUT2D eigenvalue weighted by atomic mass is 10.0. The van der Waals surface area contributed by atoms with Crippen LogP contribution in [0.25, 0.3) is 0 Å². The van der Waals surface area contributed by atoms with E-state index < -0.39 is 0 Å². The summed E-state index contributed by atoms with van der Waals surface area (Å²) < 4.78 is 18.5. The summed E-state index contributed by atoms with van der Waals surface area (Å²) in [6.45, 7) is 2.11. The van der Waals surface area contributed by atoms with Gasteiger partial charge in [0.25, 0.3) is 0 Å². The monoisotopic (exact) mass is 180 g/mol. The first kappa shape index (κ1) is 8.54. The molecule has 0 aromatic heterocycles. The Kier molecular flexibility index (Phi) is 2.21.